The van der Waals surface area contributed by atoms with Crippen molar-refractivity contribution in [3.05, 3.63) is 29.8 Å². The molecular formula is C15H16F7NO3. The molecule has 1 aromatic rings. The minimum absolute atomic E-state index is 0.00724. The number of carbonyl (C=O) groups excluding carboxylic acids is 1. The van der Waals surface area contributed by atoms with Gasteiger partial charge < -0.3 is 9.84 Å². The lowest BCUT2D eigenvalue weighted by Gasteiger charge is -2.28. The van der Waals surface area contributed by atoms with Gasteiger partial charge in [0.15, 0.2) is 12.2 Å². The molecule has 11 heteroatoms. The maximum atomic E-state index is 14.1. The minimum Gasteiger partial charge on any atom is -0.484 e. The molecule has 1 N–H and O–H groups in total. The second-order valence-corrected chi connectivity index (χ2v) is 5.81. The minimum atomic E-state index is -5.14. The predicted molar refractivity (Wildman–Crippen MR) is 75.7 cm³/mol. The van der Waals surface area contributed by atoms with Crippen molar-refractivity contribution in [2.75, 3.05) is 6.61 Å². The molecule has 1 aromatic carbocycles. The van der Waals surface area contributed by atoms with Gasteiger partial charge in [0.2, 0.25) is 0 Å². The summed E-state index contributed by atoms with van der Waals surface area (Å²) in [6, 6.07) is 3.27. The van der Waals surface area contributed by atoms with Gasteiger partial charge in [0.25, 0.3) is 5.91 Å². The van der Waals surface area contributed by atoms with E-state index in [1.807, 2.05) is 0 Å². The Morgan fingerprint density at radius 3 is 2.31 bits per heavy atom. The van der Waals surface area contributed by atoms with Crippen LogP contribution in [0.5, 0.6) is 5.75 Å². The molecule has 1 amide bonds. The molecule has 4 nitrogen and oxygen atoms in total. The highest BCUT2D eigenvalue weighted by Gasteiger charge is 2.51. The molecule has 0 fully saturated rings. The van der Waals surface area contributed by atoms with E-state index >= 15 is 0 Å². The van der Waals surface area contributed by atoms with Crippen LogP contribution in [0, 0.1) is 0 Å². The number of halogens is 7. The highest BCUT2D eigenvalue weighted by atomic mass is 19.4. The van der Waals surface area contributed by atoms with Crippen LogP contribution in [-0.4, -0.2) is 40.7 Å². The Morgan fingerprint density at radius 2 is 1.81 bits per heavy atom. The van der Waals surface area contributed by atoms with Gasteiger partial charge in [-0.2, -0.15) is 31.5 Å². The van der Waals surface area contributed by atoms with Gasteiger partial charge in [0, 0.05) is 0 Å². The van der Waals surface area contributed by atoms with Gasteiger partial charge in [0.1, 0.15) is 5.75 Å². The molecule has 1 rings (SSSR count). The summed E-state index contributed by atoms with van der Waals surface area (Å²) < 4.78 is 92.7. The Labute approximate surface area is 144 Å². The molecule has 0 aliphatic carbocycles. The van der Waals surface area contributed by atoms with Crippen LogP contribution in [0.15, 0.2) is 24.3 Å². The Balaban J connectivity index is 2.85. The lowest BCUT2D eigenvalue weighted by atomic mass is 10.0. The second kappa shape index (κ2) is 7.68. The van der Waals surface area contributed by atoms with E-state index in [0.717, 1.165) is 13.0 Å². The average Bonchev–Trinajstić information content (AvgIpc) is 2.49. The first-order valence-electron chi connectivity index (χ1n) is 7.20. The van der Waals surface area contributed by atoms with Gasteiger partial charge in [-0.3, -0.25) is 4.79 Å². The zero-order chi connectivity index (χ0) is 20.3. The summed E-state index contributed by atoms with van der Waals surface area (Å²) in [6.45, 7) is -0.143. The molecule has 0 spiro atoms. The van der Waals surface area contributed by atoms with E-state index in [4.69, 9.17) is 0 Å². The van der Waals surface area contributed by atoms with E-state index in [-0.39, 0.29) is 11.3 Å². The molecule has 0 aromatic heterocycles. The number of nitrogens with zero attached hydrogens (tertiary/aromatic N) is 1. The normalized spacial score (nSPS) is 15.9. The summed E-state index contributed by atoms with van der Waals surface area (Å²) in [6.07, 6.45) is -11.3. The summed E-state index contributed by atoms with van der Waals surface area (Å²) in [5.74, 6) is -1.89. The highest BCUT2D eigenvalue weighted by molar-refractivity contribution is 5.76. The first kappa shape index (κ1) is 22.0. The quantitative estimate of drug-likeness (QED) is 0.587. The van der Waals surface area contributed by atoms with Crippen LogP contribution >= 0.6 is 0 Å². The van der Waals surface area contributed by atoms with Crippen LogP contribution in [0.25, 0.3) is 0 Å². The smallest absolute Gasteiger partial charge is 0.422 e. The molecule has 26 heavy (non-hydrogen) atoms. The first-order valence-corrected chi connectivity index (χ1v) is 7.20. The predicted octanol–water partition coefficient (Wildman–Crippen LogP) is 4.11. The molecular weight excluding hydrogens is 375 g/mol. The van der Waals surface area contributed by atoms with Crippen molar-refractivity contribution in [2.24, 2.45) is 0 Å². The Bertz CT molecular complexity index is 628. The lowest BCUT2D eigenvalue weighted by molar-refractivity contribution is -0.256. The number of carbonyl (C=O) groups is 1. The van der Waals surface area contributed by atoms with Crippen LogP contribution < -0.4 is 4.74 Å². The zero-order valence-electron chi connectivity index (χ0n) is 13.7. The fourth-order valence-electron chi connectivity index (χ4n) is 1.85. The van der Waals surface area contributed by atoms with E-state index in [9.17, 15) is 40.7 Å². The number of rotatable bonds is 6. The SMILES string of the molecule is C[C@@H](c1cccc(OCC(F)(F)F)c1)N(F)C(=O)CC(C)(O)C(F)(F)F. The fourth-order valence-corrected chi connectivity index (χ4v) is 1.85. The molecule has 0 radical (unpaired) electrons. The molecule has 0 saturated heterocycles. The van der Waals surface area contributed by atoms with E-state index in [1.165, 1.54) is 18.2 Å². The van der Waals surface area contributed by atoms with Crippen molar-refractivity contribution < 1.29 is 45.5 Å². The summed E-state index contributed by atoms with van der Waals surface area (Å²) in [5.41, 5.74) is -3.43. The molecule has 0 aliphatic rings. The number of amides is 1. The van der Waals surface area contributed by atoms with Crippen molar-refractivity contribution in [3.8, 4) is 5.75 Å². The number of benzene rings is 1. The van der Waals surface area contributed by atoms with E-state index < -0.39 is 48.1 Å². The fraction of sp³-hybridized carbons (Fsp3) is 0.533. The molecule has 1 unspecified atom stereocenters. The third-order valence-corrected chi connectivity index (χ3v) is 3.43. The van der Waals surface area contributed by atoms with Crippen molar-refractivity contribution in [1.29, 1.82) is 0 Å². The van der Waals surface area contributed by atoms with Gasteiger partial charge in [-0.05, 0) is 31.5 Å². The third kappa shape index (κ3) is 6.04. The van der Waals surface area contributed by atoms with E-state index in [2.05, 4.69) is 4.74 Å². The Morgan fingerprint density at radius 1 is 1.23 bits per heavy atom. The number of hydrogen-bond acceptors (Lipinski definition) is 3. The van der Waals surface area contributed by atoms with Crippen molar-refractivity contribution in [2.45, 2.75) is 44.3 Å². The van der Waals surface area contributed by atoms with Crippen LogP contribution in [0.4, 0.5) is 30.8 Å². The zero-order valence-corrected chi connectivity index (χ0v) is 13.7. The molecule has 0 aliphatic heterocycles. The summed E-state index contributed by atoms with van der Waals surface area (Å²) in [7, 11) is 0. The van der Waals surface area contributed by atoms with E-state index in [1.54, 1.807) is 0 Å². The van der Waals surface area contributed by atoms with Crippen molar-refractivity contribution in [3.63, 3.8) is 0 Å². The Kier molecular flexibility index (Phi) is 6.50. The number of alkyl halides is 6. The van der Waals surface area contributed by atoms with Crippen molar-refractivity contribution in [1.82, 2.24) is 5.12 Å². The maximum Gasteiger partial charge on any atom is 0.422 e. The third-order valence-electron chi connectivity index (χ3n) is 3.43. The molecule has 2 atom stereocenters. The average molecular weight is 391 g/mol. The molecule has 148 valence electrons. The Hall–Kier alpha value is -2.04. The van der Waals surface area contributed by atoms with Gasteiger partial charge in [-0.25, -0.2) is 0 Å². The summed E-state index contributed by atoms with van der Waals surface area (Å²) in [5, 5.41) is 8.72. The molecule has 0 bridgehead atoms. The van der Waals surface area contributed by atoms with Crippen LogP contribution in [-0.2, 0) is 4.79 Å². The standard InChI is InChI=1S/C15H16F7NO3/c1-9(23(22)12(24)7-13(2,25)15(19,20)21)10-4-3-5-11(6-10)26-8-14(16,17)18/h3-6,9,25H,7-8H2,1-2H3/t9-,13?/m0/s1. The van der Waals surface area contributed by atoms with Crippen LogP contribution in [0.2, 0.25) is 0 Å². The summed E-state index contributed by atoms with van der Waals surface area (Å²) in [4.78, 5) is 11.7. The van der Waals surface area contributed by atoms with E-state index in [0.29, 0.717) is 6.92 Å². The number of aliphatic hydroxyl groups is 1. The lowest BCUT2D eigenvalue weighted by Crippen LogP contribution is -2.46. The first-order chi connectivity index (χ1) is 11.6. The second-order valence-electron chi connectivity index (χ2n) is 5.81. The topological polar surface area (TPSA) is 49.8 Å². The van der Waals surface area contributed by atoms with Gasteiger partial charge in [0.05, 0.1) is 12.5 Å². The largest absolute Gasteiger partial charge is 0.484 e. The number of ether oxygens (including phenoxy) is 1. The monoisotopic (exact) mass is 391 g/mol. The summed E-state index contributed by atoms with van der Waals surface area (Å²) >= 11 is 0. The van der Waals surface area contributed by atoms with Gasteiger partial charge >= 0.3 is 12.4 Å². The van der Waals surface area contributed by atoms with Crippen LogP contribution in [0.3, 0.4) is 0 Å². The van der Waals surface area contributed by atoms with Crippen LogP contribution in [0.1, 0.15) is 31.9 Å². The van der Waals surface area contributed by atoms with Gasteiger partial charge in [-0.1, -0.05) is 16.6 Å². The maximum absolute atomic E-state index is 14.1. The number of hydrogen-bond donors (Lipinski definition) is 1. The highest BCUT2D eigenvalue weighted by Crippen LogP contribution is 2.34. The van der Waals surface area contributed by atoms with Crippen molar-refractivity contribution >= 4 is 5.91 Å². The molecule has 0 heterocycles. The van der Waals surface area contributed by atoms with Gasteiger partial charge in [-0.15, -0.1) is 0 Å². The molecule has 0 saturated carbocycles.